The fraction of sp³-hybridized carbons (Fsp3) is 0.636. The van der Waals surface area contributed by atoms with Crippen molar-refractivity contribution in [3.63, 3.8) is 0 Å². The van der Waals surface area contributed by atoms with Crippen LogP contribution >= 0.6 is 0 Å². The zero-order chi connectivity index (χ0) is 12.6. The lowest BCUT2D eigenvalue weighted by atomic mass is 9.95. The van der Waals surface area contributed by atoms with Gasteiger partial charge in [0.25, 0.3) is 0 Å². The molecule has 0 heterocycles. The van der Waals surface area contributed by atoms with Gasteiger partial charge in [-0.1, -0.05) is 6.08 Å². The van der Waals surface area contributed by atoms with Gasteiger partial charge in [-0.15, -0.1) is 6.58 Å². The van der Waals surface area contributed by atoms with Crippen LogP contribution in [0.1, 0.15) is 20.3 Å². The molecule has 0 saturated heterocycles. The standard InChI is InChI=1S/C11H19NO4/c1-5-8-11(12-4,9(13)15-6-2)10(14)16-7-3/h5,12H,1,6-8H2,2-4H3. The van der Waals surface area contributed by atoms with Gasteiger partial charge < -0.3 is 9.47 Å². The van der Waals surface area contributed by atoms with Crippen molar-refractivity contribution < 1.29 is 19.1 Å². The Bertz CT molecular complexity index is 245. The Morgan fingerprint density at radius 1 is 1.25 bits per heavy atom. The summed E-state index contributed by atoms with van der Waals surface area (Å²) in [5, 5.41) is 2.67. The van der Waals surface area contributed by atoms with E-state index in [4.69, 9.17) is 9.47 Å². The van der Waals surface area contributed by atoms with Gasteiger partial charge in [0.1, 0.15) is 0 Å². The second kappa shape index (κ2) is 7.00. The van der Waals surface area contributed by atoms with Crippen molar-refractivity contribution in [2.75, 3.05) is 20.3 Å². The number of hydrogen-bond acceptors (Lipinski definition) is 5. The molecule has 0 aliphatic carbocycles. The fourth-order valence-electron chi connectivity index (χ4n) is 1.28. The van der Waals surface area contributed by atoms with E-state index in [1.807, 2.05) is 0 Å². The molecule has 92 valence electrons. The molecule has 0 aromatic heterocycles. The quantitative estimate of drug-likeness (QED) is 0.394. The normalized spacial score (nSPS) is 10.7. The van der Waals surface area contributed by atoms with Crippen molar-refractivity contribution in [3.05, 3.63) is 12.7 Å². The minimum Gasteiger partial charge on any atom is -0.464 e. The summed E-state index contributed by atoms with van der Waals surface area (Å²) in [6.45, 7) is 7.29. The van der Waals surface area contributed by atoms with Crippen LogP contribution < -0.4 is 5.32 Å². The predicted octanol–water partition coefficient (Wildman–Crippen LogP) is 0.647. The van der Waals surface area contributed by atoms with Crippen LogP contribution in [0.2, 0.25) is 0 Å². The lowest BCUT2D eigenvalue weighted by Crippen LogP contribution is -2.58. The highest BCUT2D eigenvalue weighted by Gasteiger charge is 2.46. The highest BCUT2D eigenvalue weighted by molar-refractivity contribution is 6.05. The van der Waals surface area contributed by atoms with Gasteiger partial charge >= 0.3 is 11.9 Å². The molecule has 0 spiro atoms. The first-order chi connectivity index (χ1) is 7.58. The molecule has 0 radical (unpaired) electrons. The monoisotopic (exact) mass is 229 g/mol. The maximum Gasteiger partial charge on any atom is 0.338 e. The first-order valence-corrected chi connectivity index (χ1v) is 5.23. The molecule has 0 aliphatic rings. The predicted molar refractivity (Wildman–Crippen MR) is 59.9 cm³/mol. The minimum absolute atomic E-state index is 0.126. The van der Waals surface area contributed by atoms with Gasteiger partial charge in [-0.25, -0.2) is 9.59 Å². The lowest BCUT2D eigenvalue weighted by molar-refractivity contribution is -0.165. The SMILES string of the molecule is C=CCC(NC)(C(=O)OCC)C(=O)OCC. The van der Waals surface area contributed by atoms with Gasteiger partial charge in [0.05, 0.1) is 13.2 Å². The number of esters is 2. The summed E-state index contributed by atoms with van der Waals surface area (Å²) in [5.41, 5.74) is -1.48. The second-order valence-electron chi connectivity index (χ2n) is 3.09. The largest absolute Gasteiger partial charge is 0.464 e. The number of carbonyl (C=O) groups excluding carboxylic acids is 2. The van der Waals surface area contributed by atoms with Gasteiger partial charge in [-0.05, 0) is 20.9 Å². The molecule has 0 aromatic carbocycles. The van der Waals surface area contributed by atoms with Crippen molar-refractivity contribution in [2.24, 2.45) is 0 Å². The van der Waals surface area contributed by atoms with E-state index < -0.39 is 17.5 Å². The summed E-state index contributed by atoms with van der Waals surface area (Å²) in [4.78, 5) is 23.5. The number of carbonyl (C=O) groups is 2. The average molecular weight is 229 g/mol. The molecule has 16 heavy (non-hydrogen) atoms. The number of rotatable bonds is 7. The third kappa shape index (κ3) is 3.06. The molecular weight excluding hydrogens is 210 g/mol. The number of hydrogen-bond donors (Lipinski definition) is 1. The first-order valence-electron chi connectivity index (χ1n) is 5.23. The Balaban J connectivity index is 5.04. The fourth-order valence-corrected chi connectivity index (χ4v) is 1.28. The number of ether oxygens (including phenoxy) is 2. The second-order valence-corrected chi connectivity index (χ2v) is 3.09. The molecule has 0 saturated carbocycles. The van der Waals surface area contributed by atoms with E-state index in [0.29, 0.717) is 0 Å². The van der Waals surface area contributed by atoms with Gasteiger partial charge in [0, 0.05) is 6.42 Å². The number of nitrogens with one attached hydrogen (secondary N) is 1. The van der Waals surface area contributed by atoms with E-state index in [-0.39, 0.29) is 19.6 Å². The van der Waals surface area contributed by atoms with Crippen LogP contribution in [-0.4, -0.2) is 37.7 Å². The summed E-state index contributed by atoms with van der Waals surface area (Å²) >= 11 is 0. The van der Waals surface area contributed by atoms with E-state index in [1.165, 1.54) is 13.1 Å². The highest BCUT2D eigenvalue weighted by Crippen LogP contribution is 2.15. The van der Waals surface area contributed by atoms with Gasteiger partial charge in [0.15, 0.2) is 0 Å². The third-order valence-electron chi connectivity index (χ3n) is 2.13. The van der Waals surface area contributed by atoms with Crippen molar-refractivity contribution in [2.45, 2.75) is 25.8 Å². The zero-order valence-electron chi connectivity index (χ0n) is 10.0. The van der Waals surface area contributed by atoms with Crippen LogP contribution in [0.25, 0.3) is 0 Å². The molecule has 0 amide bonds. The summed E-state index contributed by atoms with van der Waals surface area (Å²) in [6.07, 6.45) is 1.60. The molecule has 0 aliphatic heterocycles. The zero-order valence-corrected chi connectivity index (χ0v) is 10.0. The van der Waals surface area contributed by atoms with E-state index in [0.717, 1.165) is 0 Å². The molecule has 0 bridgehead atoms. The Morgan fingerprint density at radius 3 is 1.94 bits per heavy atom. The van der Waals surface area contributed by atoms with Gasteiger partial charge in [-0.2, -0.15) is 0 Å². The molecule has 0 aromatic rings. The van der Waals surface area contributed by atoms with E-state index in [1.54, 1.807) is 13.8 Å². The maximum atomic E-state index is 11.8. The smallest absolute Gasteiger partial charge is 0.338 e. The van der Waals surface area contributed by atoms with Crippen molar-refractivity contribution in [3.8, 4) is 0 Å². The van der Waals surface area contributed by atoms with Gasteiger partial charge in [-0.3, -0.25) is 5.32 Å². The van der Waals surface area contributed by atoms with Crippen molar-refractivity contribution in [1.82, 2.24) is 5.32 Å². The van der Waals surface area contributed by atoms with E-state index >= 15 is 0 Å². The summed E-state index contributed by atoms with van der Waals surface area (Å²) in [6, 6.07) is 0. The van der Waals surface area contributed by atoms with Crippen LogP contribution in [0.5, 0.6) is 0 Å². The van der Waals surface area contributed by atoms with Crippen molar-refractivity contribution in [1.29, 1.82) is 0 Å². The molecule has 0 rings (SSSR count). The Morgan fingerprint density at radius 2 is 1.69 bits per heavy atom. The van der Waals surface area contributed by atoms with Gasteiger partial charge in [0.2, 0.25) is 5.54 Å². The highest BCUT2D eigenvalue weighted by atomic mass is 16.6. The Kier molecular flexibility index (Phi) is 6.41. The topological polar surface area (TPSA) is 64.6 Å². The van der Waals surface area contributed by atoms with Crippen LogP contribution in [0, 0.1) is 0 Å². The average Bonchev–Trinajstić information content (AvgIpc) is 2.26. The molecule has 5 heteroatoms. The Hall–Kier alpha value is -1.36. The summed E-state index contributed by atoms with van der Waals surface area (Å²) < 4.78 is 9.74. The summed E-state index contributed by atoms with van der Waals surface area (Å²) in [7, 11) is 1.51. The first kappa shape index (κ1) is 14.6. The van der Waals surface area contributed by atoms with Crippen LogP contribution in [0.4, 0.5) is 0 Å². The van der Waals surface area contributed by atoms with Crippen LogP contribution in [0.3, 0.4) is 0 Å². The molecule has 5 nitrogen and oxygen atoms in total. The molecule has 1 N–H and O–H groups in total. The molecule has 0 atom stereocenters. The molecular formula is C11H19NO4. The van der Waals surface area contributed by atoms with Crippen molar-refractivity contribution >= 4 is 11.9 Å². The maximum absolute atomic E-state index is 11.8. The van der Waals surface area contributed by atoms with E-state index in [9.17, 15) is 9.59 Å². The Labute approximate surface area is 95.8 Å². The van der Waals surface area contributed by atoms with Crippen LogP contribution in [-0.2, 0) is 19.1 Å². The van der Waals surface area contributed by atoms with E-state index in [2.05, 4.69) is 11.9 Å². The minimum atomic E-state index is -1.48. The third-order valence-corrected chi connectivity index (χ3v) is 2.13. The number of likely N-dealkylation sites (N-methyl/N-ethyl adjacent to an activating group) is 1. The summed E-state index contributed by atoms with van der Waals surface area (Å²) in [5.74, 6) is -1.29. The van der Waals surface area contributed by atoms with Crippen LogP contribution in [0.15, 0.2) is 12.7 Å². The molecule has 0 fully saturated rings. The molecule has 0 unspecified atom stereocenters. The lowest BCUT2D eigenvalue weighted by Gasteiger charge is -2.27.